The molecule has 26 heavy (non-hydrogen) atoms. The number of nitrogens with zero attached hydrogens (tertiary/aromatic N) is 2. The third-order valence-electron chi connectivity index (χ3n) is 4.74. The highest BCUT2D eigenvalue weighted by Crippen LogP contribution is 2.33. The lowest BCUT2D eigenvalue weighted by molar-refractivity contribution is -0.135. The van der Waals surface area contributed by atoms with Crippen molar-refractivity contribution < 1.29 is 14.4 Å². The van der Waals surface area contributed by atoms with Gasteiger partial charge in [-0.25, -0.2) is 0 Å². The number of rotatable bonds is 3. The first-order valence-electron chi connectivity index (χ1n) is 8.64. The van der Waals surface area contributed by atoms with E-state index in [1.54, 1.807) is 11.0 Å². The van der Waals surface area contributed by atoms with E-state index in [0.717, 1.165) is 45.8 Å². The minimum absolute atomic E-state index is 0.156. The Labute approximate surface area is 155 Å². The summed E-state index contributed by atoms with van der Waals surface area (Å²) in [6.07, 6.45) is 3.71. The third kappa shape index (κ3) is 3.12. The van der Waals surface area contributed by atoms with Gasteiger partial charge in [-0.1, -0.05) is 42.5 Å². The van der Waals surface area contributed by atoms with Crippen LogP contribution in [-0.2, 0) is 9.59 Å². The normalized spacial score (nSPS) is 19.2. The van der Waals surface area contributed by atoms with Crippen LogP contribution in [0.3, 0.4) is 0 Å². The van der Waals surface area contributed by atoms with Crippen molar-refractivity contribution in [2.45, 2.75) is 12.8 Å². The van der Waals surface area contributed by atoms with Crippen LogP contribution >= 0.6 is 11.8 Å². The van der Waals surface area contributed by atoms with Gasteiger partial charge in [0.05, 0.1) is 4.91 Å². The van der Waals surface area contributed by atoms with Crippen molar-refractivity contribution in [1.29, 1.82) is 0 Å². The summed E-state index contributed by atoms with van der Waals surface area (Å²) in [5.74, 6) is -0.545. The van der Waals surface area contributed by atoms with Crippen LogP contribution in [-0.4, -0.2) is 46.5 Å². The molecule has 2 heterocycles. The van der Waals surface area contributed by atoms with Gasteiger partial charge in [-0.3, -0.25) is 19.3 Å². The smallest absolute Gasteiger partial charge is 0.294 e. The number of thioether (sulfide) groups is 1. The molecule has 2 aromatic carbocycles. The first-order valence-corrected chi connectivity index (χ1v) is 9.46. The van der Waals surface area contributed by atoms with Gasteiger partial charge in [0.2, 0.25) is 5.91 Å². The largest absolute Gasteiger partial charge is 0.341 e. The van der Waals surface area contributed by atoms with Gasteiger partial charge >= 0.3 is 0 Å². The first kappa shape index (κ1) is 16.8. The Morgan fingerprint density at radius 2 is 1.77 bits per heavy atom. The molecular formula is C20H18N2O3S. The van der Waals surface area contributed by atoms with Crippen LogP contribution in [0.5, 0.6) is 0 Å². The molecule has 0 unspecified atom stereocenters. The molecule has 6 heteroatoms. The highest BCUT2D eigenvalue weighted by Gasteiger charge is 2.37. The fourth-order valence-electron chi connectivity index (χ4n) is 3.36. The third-order valence-corrected chi connectivity index (χ3v) is 5.64. The predicted molar refractivity (Wildman–Crippen MR) is 102 cm³/mol. The summed E-state index contributed by atoms with van der Waals surface area (Å²) >= 11 is 0.898. The molecule has 132 valence electrons. The summed E-state index contributed by atoms with van der Waals surface area (Å²) in [6, 6.07) is 13.8. The van der Waals surface area contributed by atoms with E-state index in [1.165, 1.54) is 0 Å². The molecule has 2 aromatic rings. The first-order chi connectivity index (χ1) is 12.6. The van der Waals surface area contributed by atoms with Gasteiger partial charge in [0.15, 0.2) is 0 Å². The lowest BCUT2D eigenvalue weighted by Crippen LogP contribution is -2.40. The monoisotopic (exact) mass is 366 g/mol. The zero-order valence-electron chi connectivity index (χ0n) is 14.2. The summed E-state index contributed by atoms with van der Waals surface area (Å²) in [5, 5.41) is 1.72. The molecule has 0 radical (unpaired) electrons. The van der Waals surface area contributed by atoms with Crippen molar-refractivity contribution in [2.24, 2.45) is 0 Å². The summed E-state index contributed by atoms with van der Waals surface area (Å²) in [5.41, 5.74) is 0.888. The van der Waals surface area contributed by atoms with Crippen molar-refractivity contribution in [3.8, 4) is 0 Å². The van der Waals surface area contributed by atoms with Gasteiger partial charge in [-0.05, 0) is 47.0 Å². The van der Waals surface area contributed by atoms with E-state index in [9.17, 15) is 14.4 Å². The van der Waals surface area contributed by atoms with Gasteiger partial charge < -0.3 is 4.90 Å². The average molecular weight is 366 g/mol. The van der Waals surface area contributed by atoms with E-state index < -0.39 is 0 Å². The summed E-state index contributed by atoms with van der Waals surface area (Å²) in [7, 11) is 0. The van der Waals surface area contributed by atoms with E-state index in [2.05, 4.69) is 0 Å². The molecule has 3 amide bonds. The molecule has 2 aliphatic heterocycles. The topological polar surface area (TPSA) is 57.7 Å². The Hall–Kier alpha value is -2.60. The molecule has 0 atom stereocenters. The minimum Gasteiger partial charge on any atom is -0.341 e. The van der Waals surface area contributed by atoms with Gasteiger partial charge in [0.25, 0.3) is 11.1 Å². The average Bonchev–Trinajstić information content (AvgIpc) is 3.27. The van der Waals surface area contributed by atoms with E-state index in [1.807, 2.05) is 42.5 Å². The molecule has 0 saturated carbocycles. The van der Waals surface area contributed by atoms with Crippen molar-refractivity contribution in [1.82, 2.24) is 9.80 Å². The molecular weight excluding hydrogens is 348 g/mol. The highest BCUT2D eigenvalue weighted by atomic mass is 32.2. The molecule has 0 aliphatic carbocycles. The summed E-state index contributed by atoms with van der Waals surface area (Å²) in [6.45, 7) is 1.25. The molecule has 0 spiro atoms. The second kappa shape index (κ2) is 6.96. The molecule has 2 saturated heterocycles. The number of amides is 3. The maximum absolute atomic E-state index is 12.7. The molecule has 2 aliphatic rings. The fraction of sp³-hybridized carbons (Fsp3) is 0.250. The maximum Gasteiger partial charge on any atom is 0.294 e. The number of hydrogen-bond acceptors (Lipinski definition) is 4. The van der Waals surface area contributed by atoms with Crippen LogP contribution in [0.15, 0.2) is 47.4 Å². The van der Waals surface area contributed by atoms with Crippen molar-refractivity contribution >= 4 is 45.7 Å². The van der Waals surface area contributed by atoms with Crippen LogP contribution in [0.2, 0.25) is 0 Å². The number of likely N-dealkylation sites (tertiary alicyclic amines) is 1. The molecule has 0 aromatic heterocycles. The van der Waals surface area contributed by atoms with Crippen LogP contribution in [0, 0.1) is 0 Å². The molecule has 4 rings (SSSR count). The Bertz CT molecular complexity index is 926. The van der Waals surface area contributed by atoms with Gasteiger partial charge in [-0.15, -0.1) is 0 Å². The Morgan fingerprint density at radius 1 is 1.04 bits per heavy atom. The Balaban J connectivity index is 1.58. The van der Waals surface area contributed by atoms with Crippen LogP contribution < -0.4 is 0 Å². The molecule has 5 nitrogen and oxygen atoms in total. The number of fused-ring (bicyclic) bond motifs is 1. The second-order valence-electron chi connectivity index (χ2n) is 6.42. The van der Waals surface area contributed by atoms with Crippen molar-refractivity contribution in [2.75, 3.05) is 19.6 Å². The van der Waals surface area contributed by atoms with Crippen molar-refractivity contribution in [3.63, 3.8) is 0 Å². The van der Waals surface area contributed by atoms with E-state index in [-0.39, 0.29) is 23.6 Å². The number of carbonyl (C=O) groups is 3. The zero-order chi connectivity index (χ0) is 18.1. The quantitative estimate of drug-likeness (QED) is 0.780. The van der Waals surface area contributed by atoms with Gasteiger partial charge in [0.1, 0.15) is 6.54 Å². The highest BCUT2D eigenvalue weighted by molar-refractivity contribution is 8.18. The predicted octanol–water partition coefficient (Wildman–Crippen LogP) is 3.50. The maximum atomic E-state index is 12.7. The van der Waals surface area contributed by atoms with Crippen LogP contribution in [0.25, 0.3) is 16.8 Å². The summed E-state index contributed by atoms with van der Waals surface area (Å²) in [4.78, 5) is 40.3. The van der Waals surface area contributed by atoms with Crippen molar-refractivity contribution in [3.05, 3.63) is 52.9 Å². The second-order valence-corrected chi connectivity index (χ2v) is 7.42. The molecule has 2 fully saturated rings. The van der Waals surface area contributed by atoms with E-state index in [0.29, 0.717) is 18.0 Å². The van der Waals surface area contributed by atoms with Gasteiger partial charge in [-0.2, -0.15) is 0 Å². The lowest BCUT2D eigenvalue weighted by Gasteiger charge is -2.18. The number of hydrogen-bond donors (Lipinski definition) is 0. The minimum atomic E-state index is -0.388. The number of imide groups is 1. The Kier molecular flexibility index (Phi) is 4.51. The SMILES string of the molecule is O=C(CN1C(=O)SC(=Cc2cccc3ccccc23)C1=O)N1CCCC1. The van der Waals surface area contributed by atoms with Crippen LogP contribution in [0.1, 0.15) is 18.4 Å². The standard InChI is InChI=1S/C20H18N2O3S/c23-18(21-10-3-4-11-21)13-22-19(24)17(26-20(22)25)12-15-8-5-7-14-6-1-2-9-16(14)15/h1-2,5-9,12H,3-4,10-11,13H2. The Morgan fingerprint density at radius 3 is 2.58 bits per heavy atom. The fourth-order valence-corrected chi connectivity index (χ4v) is 4.18. The van der Waals surface area contributed by atoms with E-state index in [4.69, 9.17) is 0 Å². The molecule has 0 N–H and O–H groups in total. The zero-order valence-corrected chi connectivity index (χ0v) is 15.0. The molecule has 0 bridgehead atoms. The van der Waals surface area contributed by atoms with Crippen LogP contribution in [0.4, 0.5) is 4.79 Å². The lowest BCUT2D eigenvalue weighted by atomic mass is 10.0. The van der Waals surface area contributed by atoms with E-state index >= 15 is 0 Å². The number of carbonyl (C=O) groups excluding carboxylic acids is 3. The van der Waals surface area contributed by atoms with Gasteiger partial charge in [0, 0.05) is 13.1 Å². The number of benzene rings is 2. The summed E-state index contributed by atoms with van der Waals surface area (Å²) < 4.78 is 0.